The molecule has 0 saturated carbocycles. The number of imide groups is 1. The molecule has 1 aromatic rings. The lowest BCUT2D eigenvalue weighted by Crippen LogP contribution is -2.43. The first-order valence-corrected chi connectivity index (χ1v) is 5.84. The summed E-state index contributed by atoms with van der Waals surface area (Å²) in [5, 5.41) is 5.67. The zero-order valence-electron chi connectivity index (χ0n) is 9.01. The van der Waals surface area contributed by atoms with Crippen molar-refractivity contribution >= 4 is 35.1 Å². The number of amides is 3. The van der Waals surface area contributed by atoms with Gasteiger partial charge in [0.25, 0.3) is 5.91 Å². The van der Waals surface area contributed by atoms with Gasteiger partial charge in [-0.15, -0.1) is 0 Å². The normalized spacial score (nSPS) is 23.5. The Hall–Kier alpha value is -1.26. The van der Waals surface area contributed by atoms with E-state index in [4.69, 9.17) is 23.2 Å². The second-order valence-corrected chi connectivity index (χ2v) is 4.63. The van der Waals surface area contributed by atoms with Crippen LogP contribution in [0, 0.1) is 0 Å². The van der Waals surface area contributed by atoms with Gasteiger partial charge in [0.15, 0.2) is 0 Å². The van der Waals surface area contributed by atoms with Gasteiger partial charge in [-0.3, -0.25) is 10.1 Å². The van der Waals surface area contributed by atoms with Crippen molar-refractivity contribution < 1.29 is 9.59 Å². The lowest BCUT2D eigenvalue weighted by molar-refractivity contribution is -0.124. The maximum absolute atomic E-state index is 11.9. The molecule has 1 heterocycles. The molecule has 2 N–H and O–H groups in total. The molecular formula is C11H10Cl2N2O2. The number of urea groups is 1. The van der Waals surface area contributed by atoms with E-state index >= 15 is 0 Å². The summed E-state index contributed by atoms with van der Waals surface area (Å²) in [6, 6.07) is 4.33. The van der Waals surface area contributed by atoms with Gasteiger partial charge in [0, 0.05) is 15.6 Å². The molecular weight excluding hydrogens is 263 g/mol. The molecule has 17 heavy (non-hydrogen) atoms. The highest BCUT2D eigenvalue weighted by atomic mass is 35.5. The van der Waals surface area contributed by atoms with Crippen molar-refractivity contribution in [2.75, 3.05) is 0 Å². The minimum Gasteiger partial charge on any atom is -0.319 e. The van der Waals surface area contributed by atoms with Crippen LogP contribution in [0.15, 0.2) is 18.2 Å². The Morgan fingerprint density at radius 3 is 2.47 bits per heavy atom. The maximum atomic E-state index is 11.9. The van der Waals surface area contributed by atoms with Crippen LogP contribution in [0.1, 0.15) is 18.9 Å². The average molecular weight is 273 g/mol. The van der Waals surface area contributed by atoms with E-state index in [-0.39, 0.29) is 0 Å². The summed E-state index contributed by atoms with van der Waals surface area (Å²) < 4.78 is 0. The van der Waals surface area contributed by atoms with Crippen LogP contribution in [0.4, 0.5) is 4.79 Å². The van der Waals surface area contributed by atoms with Gasteiger partial charge in [-0.1, -0.05) is 36.2 Å². The summed E-state index contributed by atoms with van der Waals surface area (Å²) in [6.07, 6.45) is 0.409. The Labute approximate surface area is 108 Å². The molecule has 1 aliphatic heterocycles. The third kappa shape index (κ3) is 1.87. The zero-order valence-corrected chi connectivity index (χ0v) is 10.5. The zero-order chi connectivity index (χ0) is 12.6. The number of rotatable bonds is 2. The van der Waals surface area contributed by atoms with Crippen molar-refractivity contribution in [2.24, 2.45) is 0 Å². The predicted molar refractivity (Wildman–Crippen MR) is 65.1 cm³/mol. The van der Waals surface area contributed by atoms with Crippen molar-refractivity contribution in [1.82, 2.24) is 10.6 Å². The second kappa shape index (κ2) is 4.20. The first kappa shape index (κ1) is 12.2. The molecule has 0 aromatic heterocycles. The molecule has 1 atom stereocenters. The van der Waals surface area contributed by atoms with Crippen LogP contribution in [0.2, 0.25) is 10.0 Å². The molecule has 1 saturated heterocycles. The number of benzene rings is 1. The standard InChI is InChI=1S/C11H10Cl2N2O2/c1-2-11(9(16)14-10(17)15-11)7-4-3-6(12)5-8(7)13/h3-5H,2H2,1H3,(H2,14,15,16,17). The molecule has 1 unspecified atom stereocenters. The van der Waals surface area contributed by atoms with Gasteiger partial charge in [0.2, 0.25) is 0 Å². The van der Waals surface area contributed by atoms with Crippen molar-refractivity contribution in [3.05, 3.63) is 33.8 Å². The average Bonchev–Trinajstić information content (AvgIpc) is 2.54. The lowest BCUT2D eigenvalue weighted by Gasteiger charge is -2.25. The predicted octanol–water partition coefficient (Wildman–Crippen LogP) is 2.44. The molecule has 90 valence electrons. The summed E-state index contributed by atoms with van der Waals surface area (Å²) in [5.74, 6) is -0.394. The SMILES string of the molecule is CCC1(c2ccc(Cl)cc2Cl)NC(=O)NC1=O. The van der Waals surface area contributed by atoms with Crippen molar-refractivity contribution in [2.45, 2.75) is 18.9 Å². The molecule has 3 amide bonds. The monoisotopic (exact) mass is 272 g/mol. The van der Waals surface area contributed by atoms with Crippen molar-refractivity contribution in [3.63, 3.8) is 0 Å². The fraction of sp³-hybridized carbons (Fsp3) is 0.273. The fourth-order valence-electron chi connectivity index (χ4n) is 1.96. The van der Waals surface area contributed by atoms with Gasteiger partial charge >= 0.3 is 6.03 Å². The van der Waals surface area contributed by atoms with Crippen LogP contribution in [0.5, 0.6) is 0 Å². The molecule has 0 radical (unpaired) electrons. The van der Waals surface area contributed by atoms with E-state index in [0.717, 1.165) is 0 Å². The summed E-state index contributed by atoms with van der Waals surface area (Å²) in [7, 11) is 0. The highest BCUT2D eigenvalue weighted by molar-refractivity contribution is 6.35. The topological polar surface area (TPSA) is 58.2 Å². The minimum absolute atomic E-state index is 0.358. The summed E-state index contributed by atoms with van der Waals surface area (Å²) in [4.78, 5) is 23.2. The quantitative estimate of drug-likeness (QED) is 0.813. The molecule has 1 aromatic carbocycles. The van der Waals surface area contributed by atoms with Gasteiger partial charge in [-0.2, -0.15) is 0 Å². The number of carbonyl (C=O) groups excluding carboxylic acids is 2. The minimum atomic E-state index is -1.10. The molecule has 0 aliphatic carbocycles. The van der Waals surface area contributed by atoms with E-state index in [1.807, 2.05) is 0 Å². The van der Waals surface area contributed by atoms with E-state index < -0.39 is 17.5 Å². The van der Waals surface area contributed by atoms with Crippen molar-refractivity contribution in [1.29, 1.82) is 0 Å². The third-order valence-electron chi connectivity index (χ3n) is 2.86. The molecule has 0 bridgehead atoms. The highest BCUT2D eigenvalue weighted by Gasteiger charge is 2.47. The van der Waals surface area contributed by atoms with E-state index in [0.29, 0.717) is 22.0 Å². The van der Waals surface area contributed by atoms with Gasteiger partial charge in [-0.05, 0) is 18.6 Å². The smallest absolute Gasteiger partial charge is 0.319 e. The number of nitrogens with one attached hydrogen (secondary N) is 2. The van der Waals surface area contributed by atoms with Gasteiger partial charge in [0.1, 0.15) is 5.54 Å². The summed E-state index contributed by atoms with van der Waals surface area (Å²) in [6.45, 7) is 1.80. The maximum Gasteiger partial charge on any atom is 0.322 e. The van der Waals surface area contributed by atoms with E-state index in [2.05, 4.69) is 10.6 Å². The molecule has 2 rings (SSSR count). The second-order valence-electron chi connectivity index (χ2n) is 3.79. The third-order valence-corrected chi connectivity index (χ3v) is 3.41. The van der Waals surface area contributed by atoms with Gasteiger partial charge < -0.3 is 5.32 Å². The largest absolute Gasteiger partial charge is 0.322 e. The van der Waals surface area contributed by atoms with Crippen LogP contribution in [0.3, 0.4) is 0 Å². The van der Waals surface area contributed by atoms with Gasteiger partial charge in [0.05, 0.1) is 0 Å². The molecule has 0 spiro atoms. The fourth-order valence-corrected chi connectivity index (χ4v) is 2.53. The molecule has 4 nitrogen and oxygen atoms in total. The van der Waals surface area contributed by atoms with E-state index in [9.17, 15) is 9.59 Å². The molecule has 1 fully saturated rings. The Bertz CT molecular complexity index is 504. The van der Waals surface area contributed by atoms with E-state index in [1.54, 1.807) is 25.1 Å². The number of hydrogen-bond donors (Lipinski definition) is 2. The Morgan fingerprint density at radius 2 is 2.00 bits per heavy atom. The summed E-state index contributed by atoms with van der Waals surface area (Å²) in [5.41, 5.74) is -0.548. The van der Waals surface area contributed by atoms with Crippen LogP contribution >= 0.6 is 23.2 Å². The van der Waals surface area contributed by atoms with Crippen LogP contribution in [0.25, 0.3) is 0 Å². The lowest BCUT2D eigenvalue weighted by atomic mass is 9.87. The first-order chi connectivity index (χ1) is 7.99. The number of halogens is 2. The summed E-state index contributed by atoms with van der Waals surface area (Å²) >= 11 is 11.9. The van der Waals surface area contributed by atoms with Crippen molar-refractivity contribution in [3.8, 4) is 0 Å². The molecule has 6 heteroatoms. The molecule has 1 aliphatic rings. The van der Waals surface area contributed by atoms with Gasteiger partial charge in [-0.25, -0.2) is 4.79 Å². The van der Waals surface area contributed by atoms with Crippen LogP contribution in [-0.4, -0.2) is 11.9 Å². The Kier molecular flexibility index (Phi) is 3.02. The van der Waals surface area contributed by atoms with E-state index in [1.165, 1.54) is 0 Å². The first-order valence-electron chi connectivity index (χ1n) is 5.08. The Balaban J connectivity index is 2.56. The van der Waals surface area contributed by atoms with Crippen LogP contribution in [-0.2, 0) is 10.3 Å². The van der Waals surface area contributed by atoms with Crippen LogP contribution < -0.4 is 10.6 Å². The number of carbonyl (C=O) groups is 2. The Morgan fingerprint density at radius 1 is 1.29 bits per heavy atom. The number of hydrogen-bond acceptors (Lipinski definition) is 2. The highest BCUT2D eigenvalue weighted by Crippen LogP contribution is 2.34.